The summed E-state index contributed by atoms with van der Waals surface area (Å²) in [5.74, 6) is 2.55. The molecule has 2 heterocycles. The van der Waals surface area contributed by atoms with Crippen molar-refractivity contribution in [2.75, 3.05) is 26.1 Å². The van der Waals surface area contributed by atoms with Crippen LogP contribution in [0.4, 0.5) is 5.82 Å². The SMILES string of the molecule is COc1c(Br)cc2c(c1-c1cc(N)no1)OCCO2. The molecule has 0 saturated heterocycles. The molecule has 0 aliphatic carbocycles. The van der Waals surface area contributed by atoms with Crippen molar-refractivity contribution in [2.24, 2.45) is 0 Å². The smallest absolute Gasteiger partial charge is 0.176 e. The third-order valence-corrected chi connectivity index (χ3v) is 3.31. The summed E-state index contributed by atoms with van der Waals surface area (Å²) in [6.45, 7) is 0.970. The molecule has 7 heteroatoms. The maximum Gasteiger partial charge on any atom is 0.176 e. The molecule has 0 fully saturated rings. The summed E-state index contributed by atoms with van der Waals surface area (Å²) in [6.07, 6.45) is 0. The number of methoxy groups -OCH3 is 1. The van der Waals surface area contributed by atoms with Gasteiger partial charge in [-0.25, -0.2) is 0 Å². The van der Waals surface area contributed by atoms with Crippen molar-refractivity contribution in [2.45, 2.75) is 0 Å². The molecule has 0 unspecified atom stereocenters. The summed E-state index contributed by atoms with van der Waals surface area (Å²) in [5, 5.41) is 3.68. The molecule has 2 N–H and O–H groups in total. The number of benzene rings is 1. The van der Waals surface area contributed by atoms with Gasteiger partial charge in [-0.2, -0.15) is 0 Å². The number of hydrogen-bond donors (Lipinski definition) is 1. The average Bonchev–Trinajstić information content (AvgIpc) is 2.83. The van der Waals surface area contributed by atoms with Crippen LogP contribution in [0.5, 0.6) is 17.2 Å². The first-order valence-electron chi connectivity index (χ1n) is 5.59. The normalized spacial score (nSPS) is 13.4. The topological polar surface area (TPSA) is 79.7 Å². The maximum absolute atomic E-state index is 5.66. The summed E-state index contributed by atoms with van der Waals surface area (Å²) in [7, 11) is 1.57. The van der Waals surface area contributed by atoms with Crippen molar-refractivity contribution in [3.63, 3.8) is 0 Å². The van der Waals surface area contributed by atoms with E-state index in [4.69, 9.17) is 24.5 Å². The van der Waals surface area contributed by atoms with Crippen molar-refractivity contribution < 1.29 is 18.7 Å². The Labute approximate surface area is 117 Å². The lowest BCUT2D eigenvalue weighted by molar-refractivity contribution is 0.171. The fraction of sp³-hybridized carbons (Fsp3) is 0.250. The van der Waals surface area contributed by atoms with E-state index in [9.17, 15) is 0 Å². The molecule has 0 bridgehead atoms. The van der Waals surface area contributed by atoms with Crippen molar-refractivity contribution in [1.29, 1.82) is 0 Å². The minimum absolute atomic E-state index is 0.294. The Hall–Kier alpha value is -1.89. The molecule has 100 valence electrons. The van der Waals surface area contributed by atoms with E-state index >= 15 is 0 Å². The molecule has 6 nitrogen and oxygen atoms in total. The van der Waals surface area contributed by atoms with Crippen LogP contribution in [-0.2, 0) is 0 Å². The van der Waals surface area contributed by atoms with E-state index in [1.807, 2.05) is 0 Å². The van der Waals surface area contributed by atoms with Crippen LogP contribution in [0.3, 0.4) is 0 Å². The quantitative estimate of drug-likeness (QED) is 0.913. The number of halogens is 1. The molecule has 1 aromatic heterocycles. The molecule has 1 aromatic carbocycles. The number of nitrogens with two attached hydrogens (primary N) is 1. The first kappa shape index (κ1) is 12.2. The zero-order valence-electron chi connectivity index (χ0n) is 10.1. The van der Waals surface area contributed by atoms with E-state index in [1.54, 1.807) is 19.2 Å². The van der Waals surface area contributed by atoms with Crippen LogP contribution in [-0.4, -0.2) is 25.5 Å². The first-order valence-corrected chi connectivity index (χ1v) is 6.38. The van der Waals surface area contributed by atoms with E-state index in [2.05, 4.69) is 21.1 Å². The summed E-state index contributed by atoms with van der Waals surface area (Å²) < 4.78 is 22.6. The molecule has 0 radical (unpaired) electrons. The van der Waals surface area contributed by atoms with Gasteiger partial charge < -0.3 is 24.5 Å². The highest BCUT2D eigenvalue weighted by Gasteiger charge is 2.26. The van der Waals surface area contributed by atoms with E-state index < -0.39 is 0 Å². The van der Waals surface area contributed by atoms with E-state index in [0.29, 0.717) is 47.6 Å². The maximum atomic E-state index is 5.66. The monoisotopic (exact) mass is 326 g/mol. The summed E-state index contributed by atoms with van der Waals surface area (Å²) >= 11 is 3.44. The van der Waals surface area contributed by atoms with Gasteiger partial charge in [-0.05, 0) is 15.9 Å². The summed E-state index contributed by atoms with van der Waals surface area (Å²) in [6, 6.07) is 3.42. The van der Waals surface area contributed by atoms with Gasteiger partial charge in [0.15, 0.2) is 23.1 Å². The van der Waals surface area contributed by atoms with Crippen LogP contribution in [0.2, 0.25) is 0 Å². The van der Waals surface area contributed by atoms with Gasteiger partial charge in [0.05, 0.1) is 11.6 Å². The lowest BCUT2D eigenvalue weighted by atomic mass is 10.1. The predicted molar refractivity (Wildman–Crippen MR) is 71.6 cm³/mol. The number of nitrogen functional groups attached to an aromatic ring is 1. The third kappa shape index (κ3) is 1.99. The lowest BCUT2D eigenvalue weighted by Crippen LogP contribution is -2.16. The van der Waals surface area contributed by atoms with E-state index in [0.717, 1.165) is 4.47 Å². The Morgan fingerprint density at radius 2 is 2.11 bits per heavy atom. The molecule has 1 aliphatic rings. The molecule has 0 saturated carbocycles. The first-order chi connectivity index (χ1) is 9.20. The molecule has 1 aliphatic heterocycles. The third-order valence-electron chi connectivity index (χ3n) is 2.72. The predicted octanol–water partition coefficient (Wildman–Crippen LogP) is 2.47. The Bertz CT molecular complexity index is 626. The minimum atomic E-state index is 0.294. The minimum Gasteiger partial charge on any atom is -0.495 e. The van der Waals surface area contributed by atoms with Gasteiger partial charge in [0.25, 0.3) is 0 Å². The van der Waals surface area contributed by atoms with Crippen LogP contribution in [0.1, 0.15) is 0 Å². The molecule has 0 spiro atoms. The number of hydrogen-bond acceptors (Lipinski definition) is 6. The summed E-state index contributed by atoms with van der Waals surface area (Å²) in [5.41, 5.74) is 6.23. The number of anilines is 1. The highest BCUT2D eigenvalue weighted by Crippen LogP contribution is 2.49. The Kier molecular flexibility index (Phi) is 2.98. The number of nitrogens with zero attached hydrogens (tertiary/aromatic N) is 1. The number of fused-ring (bicyclic) bond motifs is 1. The fourth-order valence-corrected chi connectivity index (χ4v) is 2.54. The molecular formula is C12H11BrN2O4. The Morgan fingerprint density at radius 1 is 1.32 bits per heavy atom. The lowest BCUT2D eigenvalue weighted by Gasteiger charge is -2.22. The second-order valence-electron chi connectivity index (χ2n) is 3.91. The highest BCUT2D eigenvalue weighted by atomic mass is 79.9. The highest BCUT2D eigenvalue weighted by molar-refractivity contribution is 9.10. The van der Waals surface area contributed by atoms with Crippen LogP contribution in [0, 0.1) is 0 Å². The van der Waals surface area contributed by atoms with Crippen molar-refractivity contribution in [3.05, 3.63) is 16.6 Å². The van der Waals surface area contributed by atoms with E-state index in [1.165, 1.54) is 0 Å². The van der Waals surface area contributed by atoms with Gasteiger partial charge in [-0.1, -0.05) is 5.16 Å². The number of ether oxygens (including phenoxy) is 3. The Morgan fingerprint density at radius 3 is 2.79 bits per heavy atom. The molecule has 0 amide bonds. The second kappa shape index (κ2) is 4.65. The number of aromatic nitrogens is 1. The van der Waals surface area contributed by atoms with Gasteiger partial charge in [-0.3, -0.25) is 0 Å². The average molecular weight is 327 g/mol. The molecule has 0 atom stereocenters. The largest absolute Gasteiger partial charge is 0.495 e. The van der Waals surface area contributed by atoms with Gasteiger partial charge in [0, 0.05) is 12.1 Å². The van der Waals surface area contributed by atoms with E-state index in [-0.39, 0.29) is 0 Å². The molecule has 2 aromatic rings. The zero-order valence-corrected chi connectivity index (χ0v) is 11.7. The van der Waals surface area contributed by atoms with Gasteiger partial charge in [0.2, 0.25) is 0 Å². The summed E-state index contributed by atoms with van der Waals surface area (Å²) in [4.78, 5) is 0. The van der Waals surface area contributed by atoms with Crippen LogP contribution < -0.4 is 19.9 Å². The zero-order chi connectivity index (χ0) is 13.4. The Balaban J connectivity index is 2.27. The van der Waals surface area contributed by atoms with Crippen molar-refractivity contribution >= 4 is 21.7 Å². The van der Waals surface area contributed by atoms with Crippen LogP contribution in [0.15, 0.2) is 21.1 Å². The van der Waals surface area contributed by atoms with Crippen molar-refractivity contribution in [3.8, 4) is 28.6 Å². The van der Waals surface area contributed by atoms with Gasteiger partial charge in [-0.15, -0.1) is 0 Å². The molecule has 3 rings (SSSR count). The standard InChI is InChI=1S/C12H11BrN2O4/c1-16-11-6(13)4-8-12(18-3-2-17-8)10(11)7-5-9(14)15-19-7/h4-5H,2-3H2,1H3,(H2,14,15). The molecule has 19 heavy (non-hydrogen) atoms. The van der Waals surface area contributed by atoms with Crippen molar-refractivity contribution in [1.82, 2.24) is 5.16 Å². The second-order valence-corrected chi connectivity index (χ2v) is 4.76. The number of rotatable bonds is 2. The van der Waals surface area contributed by atoms with Crippen LogP contribution >= 0.6 is 15.9 Å². The van der Waals surface area contributed by atoms with Crippen LogP contribution in [0.25, 0.3) is 11.3 Å². The fourth-order valence-electron chi connectivity index (χ4n) is 1.97. The van der Waals surface area contributed by atoms with Gasteiger partial charge in [0.1, 0.15) is 24.5 Å². The molecular weight excluding hydrogens is 316 g/mol. The van der Waals surface area contributed by atoms with Gasteiger partial charge >= 0.3 is 0 Å².